The second-order valence-electron chi connectivity index (χ2n) is 4.26. The van der Waals surface area contributed by atoms with Crippen LogP contribution in [0.15, 0.2) is 24.3 Å². The van der Waals surface area contributed by atoms with Crippen LogP contribution in [0.4, 0.5) is 0 Å². The van der Waals surface area contributed by atoms with E-state index in [1.807, 2.05) is 6.92 Å². The van der Waals surface area contributed by atoms with Gasteiger partial charge in [-0.3, -0.25) is 0 Å². The standard InChI is InChI=1S/C15H25NO/c1-4-10-16-15(12-17-6-3)14-9-7-8-13(5-2)11-14/h7-9,11,15-16H,4-6,10,12H2,1-3H3. The van der Waals surface area contributed by atoms with Crippen molar-refractivity contribution in [3.8, 4) is 0 Å². The van der Waals surface area contributed by atoms with Gasteiger partial charge in [-0.05, 0) is 37.4 Å². The molecule has 1 unspecified atom stereocenters. The molecular formula is C15H25NO. The first-order chi connectivity index (χ1) is 8.31. The van der Waals surface area contributed by atoms with Gasteiger partial charge in [0, 0.05) is 6.61 Å². The third-order valence-electron chi connectivity index (χ3n) is 2.89. The fourth-order valence-corrected chi connectivity index (χ4v) is 1.86. The van der Waals surface area contributed by atoms with Crippen LogP contribution in [0.25, 0.3) is 0 Å². The zero-order valence-electron chi connectivity index (χ0n) is 11.3. The van der Waals surface area contributed by atoms with E-state index >= 15 is 0 Å². The monoisotopic (exact) mass is 235 g/mol. The van der Waals surface area contributed by atoms with Gasteiger partial charge < -0.3 is 10.1 Å². The lowest BCUT2D eigenvalue weighted by molar-refractivity contribution is 0.123. The third kappa shape index (κ3) is 4.88. The molecule has 0 amide bonds. The highest BCUT2D eigenvalue weighted by atomic mass is 16.5. The summed E-state index contributed by atoms with van der Waals surface area (Å²) in [6.07, 6.45) is 2.24. The minimum absolute atomic E-state index is 0.321. The molecule has 0 aliphatic carbocycles. The number of benzene rings is 1. The molecule has 0 heterocycles. The maximum absolute atomic E-state index is 5.56. The van der Waals surface area contributed by atoms with Crippen LogP contribution < -0.4 is 5.32 Å². The SMILES string of the molecule is CCCNC(COCC)c1cccc(CC)c1. The average molecular weight is 235 g/mol. The molecule has 0 aliphatic heterocycles. The van der Waals surface area contributed by atoms with Crippen LogP contribution in [0.3, 0.4) is 0 Å². The number of hydrogen-bond acceptors (Lipinski definition) is 2. The normalized spacial score (nSPS) is 12.6. The van der Waals surface area contributed by atoms with E-state index in [0.29, 0.717) is 6.04 Å². The molecule has 1 aromatic carbocycles. The largest absolute Gasteiger partial charge is 0.380 e. The molecule has 2 nitrogen and oxygen atoms in total. The number of rotatable bonds is 8. The molecule has 0 spiro atoms. The van der Waals surface area contributed by atoms with Gasteiger partial charge >= 0.3 is 0 Å². The summed E-state index contributed by atoms with van der Waals surface area (Å²) in [7, 11) is 0. The number of aryl methyl sites for hydroxylation is 1. The molecule has 1 atom stereocenters. The maximum atomic E-state index is 5.56. The molecule has 1 N–H and O–H groups in total. The van der Waals surface area contributed by atoms with Crippen LogP contribution in [0.5, 0.6) is 0 Å². The van der Waals surface area contributed by atoms with Crippen LogP contribution >= 0.6 is 0 Å². The minimum atomic E-state index is 0.321. The fourth-order valence-electron chi connectivity index (χ4n) is 1.86. The molecular weight excluding hydrogens is 210 g/mol. The van der Waals surface area contributed by atoms with E-state index in [9.17, 15) is 0 Å². The molecule has 0 radical (unpaired) electrons. The van der Waals surface area contributed by atoms with E-state index in [2.05, 4.69) is 43.4 Å². The van der Waals surface area contributed by atoms with Crippen molar-refractivity contribution in [1.29, 1.82) is 0 Å². The van der Waals surface area contributed by atoms with Gasteiger partial charge in [0.15, 0.2) is 0 Å². The van der Waals surface area contributed by atoms with Gasteiger partial charge in [-0.2, -0.15) is 0 Å². The first-order valence-corrected chi connectivity index (χ1v) is 6.71. The molecule has 2 heteroatoms. The van der Waals surface area contributed by atoms with E-state index < -0.39 is 0 Å². The molecule has 0 aliphatic rings. The van der Waals surface area contributed by atoms with Crippen molar-refractivity contribution < 1.29 is 4.74 Å². The summed E-state index contributed by atoms with van der Waals surface area (Å²) in [5, 5.41) is 3.55. The van der Waals surface area contributed by atoms with Gasteiger partial charge in [-0.15, -0.1) is 0 Å². The Hall–Kier alpha value is -0.860. The van der Waals surface area contributed by atoms with Crippen molar-refractivity contribution >= 4 is 0 Å². The molecule has 17 heavy (non-hydrogen) atoms. The lowest BCUT2D eigenvalue weighted by atomic mass is 10.0. The molecule has 1 aromatic rings. The zero-order chi connectivity index (χ0) is 12.5. The molecule has 96 valence electrons. The van der Waals surface area contributed by atoms with Crippen LogP contribution in [0.2, 0.25) is 0 Å². The van der Waals surface area contributed by atoms with Crippen molar-refractivity contribution in [2.75, 3.05) is 19.8 Å². The van der Waals surface area contributed by atoms with Gasteiger partial charge in [0.05, 0.1) is 12.6 Å². The topological polar surface area (TPSA) is 21.3 Å². The Bertz CT molecular complexity index is 304. The Labute approximate surface area is 105 Å². The van der Waals surface area contributed by atoms with Crippen molar-refractivity contribution in [3.05, 3.63) is 35.4 Å². The van der Waals surface area contributed by atoms with Crippen molar-refractivity contribution in [2.45, 2.75) is 39.7 Å². The van der Waals surface area contributed by atoms with Gasteiger partial charge in [-0.1, -0.05) is 38.1 Å². The summed E-state index contributed by atoms with van der Waals surface area (Å²) < 4.78 is 5.56. The fraction of sp³-hybridized carbons (Fsp3) is 0.600. The van der Waals surface area contributed by atoms with Crippen molar-refractivity contribution in [2.24, 2.45) is 0 Å². The number of ether oxygens (including phenoxy) is 1. The molecule has 0 bridgehead atoms. The molecule has 0 aromatic heterocycles. The molecule has 0 saturated carbocycles. The number of nitrogens with one attached hydrogen (secondary N) is 1. The van der Waals surface area contributed by atoms with Gasteiger partial charge in [-0.25, -0.2) is 0 Å². The maximum Gasteiger partial charge on any atom is 0.0661 e. The Morgan fingerprint density at radius 3 is 2.71 bits per heavy atom. The van der Waals surface area contributed by atoms with Gasteiger partial charge in [0.2, 0.25) is 0 Å². The van der Waals surface area contributed by atoms with Crippen molar-refractivity contribution in [1.82, 2.24) is 5.32 Å². The Morgan fingerprint density at radius 1 is 1.24 bits per heavy atom. The highest BCUT2D eigenvalue weighted by Gasteiger charge is 2.10. The second-order valence-corrected chi connectivity index (χ2v) is 4.26. The zero-order valence-corrected chi connectivity index (χ0v) is 11.3. The van der Waals surface area contributed by atoms with Crippen LogP contribution in [-0.2, 0) is 11.2 Å². The predicted molar refractivity (Wildman–Crippen MR) is 73.3 cm³/mol. The summed E-state index contributed by atoms with van der Waals surface area (Å²) in [6.45, 7) is 8.98. The number of hydrogen-bond donors (Lipinski definition) is 1. The second kappa shape index (κ2) is 8.26. The first-order valence-electron chi connectivity index (χ1n) is 6.71. The van der Waals surface area contributed by atoms with E-state index in [1.165, 1.54) is 11.1 Å². The summed E-state index contributed by atoms with van der Waals surface area (Å²) in [6, 6.07) is 9.11. The van der Waals surface area contributed by atoms with E-state index in [0.717, 1.165) is 32.6 Å². The van der Waals surface area contributed by atoms with Crippen LogP contribution in [-0.4, -0.2) is 19.8 Å². The lowest BCUT2D eigenvalue weighted by Crippen LogP contribution is -2.26. The molecule has 0 saturated heterocycles. The summed E-state index contributed by atoms with van der Waals surface area (Å²) in [4.78, 5) is 0. The smallest absolute Gasteiger partial charge is 0.0661 e. The van der Waals surface area contributed by atoms with E-state index in [4.69, 9.17) is 4.74 Å². The lowest BCUT2D eigenvalue weighted by Gasteiger charge is -2.19. The first kappa shape index (κ1) is 14.2. The molecule has 0 fully saturated rings. The van der Waals surface area contributed by atoms with E-state index in [1.54, 1.807) is 0 Å². The minimum Gasteiger partial charge on any atom is -0.380 e. The van der Waals surface area contributed by atoms with Crippen molar-refractivity contribution in [3.63, 3.8) is 0 Å². The van der Waals surface area contributed by atoms with E-state index in [-0.39, 0.29) is 0 Å². The van der Waals surface area contributed by atoms with Crippen LogP contribution in [0, 0.1) is 0 Å². The summed E-state index contributed by atoms with van der Waals surface area (Å²) in [5.74, 6) is 0. The summed E-state index contributed by atoms with van der Waals surface area (Å²) >= 11 is 0. The highest BCUT2D eigenvalue weighted by molar-refractivity contribution is 5.26. The highest BCUT2D eigenvalue weighted by Crippen LogP contribution is 2.15. The predicted octanol–water partition coefficient (Wildman–Crippen LogP) is 3.33. The Balaban J connectivity index is 2.71. The van der Waals surface area contributed by atoms with Gasteiger partial charge in [0.25, 0.3) is 0 Å². The third-order valence-corrected chi connectivity index (χ3v) is 2.89. The Morgan fingerprint density at radius 2 is 2.06 bits per heavy atom. The molecule has 1 rings (SSSR count). The quantitative estimate of drug-likeness (QED) is 0.746. The average Bonchev–Trinajstić information content (AvgIpc) is 2.39. The van der Waals surface area contributed by atoms with Gasteiger partial charge in [0.1, 0.15) is 0 Å². The Kier molecular flexibility index (Phi) is 6.90. The summed E-state index contributed by atoms with van der Waals surface area (Å²) in [5.41, 5.74) is 2.73. The van der Waals surface area contributed by atoms with Crippen LogP contribution in [0.1, 0.15) is 44.4 Å².